The van der Waals surface area contributed by atoms with Crippen LogP contribution in [-0.2, 0) is 11.3 Å². The molecule has 2 aromatic rings. The number of carbonyl (C=O) groups excluding carboxylic acids is 2. The molecule has 10 nitrogen and oxygen atoms in total. The van der Waals surface area contributed by atoms with Gasteiger partial charge in [0.05, 0.1) is 38.2 Å². The predicted octanol–water partition coefficient (Wildman–Crippen LogP) is 1.39. The van der Waals surface area contributed by atoms with Gasteiger partial charge < -0.3 is 19.8 Å². The van der Waals surface area contributed by atoms with E-state index in [1.807, 2.05) is 20.8 Å². The van der Waals surface area contributed by atoms with Gasteiger partial charge in [0, 0.05) is 12.1 Å². The lowest BCUT2D eigenvalue weighted by Gasteiger charge is -2.19. The van der Waals surface area contributed by atoms with Crippen LogP contribution in [0, 0.1) is 0 Å². The Morgan fingerprint density at radius 2 is 1.87 bits per heavy atom. The number of benzene rings is 1. The van der Waals surface area contributed by atoms with Gasteiger partial charge in [0.1, 0.15) is 5.82 Å². The van der Waals surface area contributed by atoms with Crippen LogP contribution >= 0.6 is 0 Å². The molecule has 1 atom stereocenters. The van der Waals surface area contributed by atoms with Gasteiger partial charge in [-0.05, 0) is 26.0 Å². The molecule has 0 spiro atoms. The number of carbonyl (C=O) groups is 2. The van der Waals surface area contributed by atoms with Gasteiger partial charge in [-0.25, -0.2) is 9.78 Å². The van der Waals surface area contributed by atoms with Gasteiger partial charge in [0.2, 0.25) is 5.91 Å². The molecule has 1 heterocycles. The molecule has 1 aromatic carbocycles. The second-order valence-corrected chi connectivity index (χ2v) is 6.87. The van der Waals surface area contributed by atoms with Crippen molar-refractivity contribution in [2.75, 3.05) is 27.3 Å². The molecule has 0 saturated carbocycles. The molecule has 0 radical (unpaired) electrons. The molecule has 0 saturated heterocycles. The summed E-state index contributed by atoms with van der Waals surface area (Å²) in [6.45, 7) is 6.41. The first kappa shape index (κ1) is 23.1. The van der Waals surface area contributed by atoms with Crippen molar-refractivity contribution in [1.29, 1.82) is 0 Å². The Morgan fingerprint density at radius 3 is 2.47 bits per heavy atom. The zero-order chi connectivity index (χ0) is 22.3. The fraction of sp³-hybridized carbons (Fsp3) is 0.500. The maximum atomic E-state index is 12.5. The molecule has 2 rings (SSSR count). The fourth-order valence-corrected chi connectivity index (χ4v) is 2.81. The van der Waals surface area contributed by atoms with Crippen LogP contribution in [0.4, 0.5) is 4.79 Å². The molecule has 3 amide bonds. The van der Waals surface area contributed by atoms with Crippen molar-refractivity contribution in [2.45, 2.75) is 39.8 Å². The number of hydrogen-bond donors (Lipinski definition) is 3. The van der Waals surface area contributed by atoms with E-state index >= 15 is 0 Å². The molecule has 3 N–H and O–H groups in total. The number of aromatic nitrogens is 2. The molecule has 0 bridgehead atoms. The van der Waals surface area contributed by atoms with Crippen LogP contribution in [0.25, 0.3) is 10.9 Å². The average Bonchev–Trinajstić information content (AvgIpc) is 2.71. The van der Waals surface area contributed by atoms with Crippen molar-refractivity contribution in [3.63, 3.8) is 0 Å². The number of aromatic amines is 1. The van der Waals surface area contributed by atoms with Crippen LogP contribution in [0.5, 0.6) is 11.5 Å². The maximum Gasteiger partial charge on any atom is 0.321 e. The highest BCUT2D eigenvalue weighted by molar-refractivity contribution is 5.95. The first-order chi connectivity index (χ1) is 14.3. The summed E-state index contributed by atoms with van der Waals surface area (Å²) in [7, 11) is 3.00. The molecule has 0 aliphatic carbocycles. The van der Waals surface area contributed by atoms with Crippen molar-refractivity contribution in [2.24, 2.45) is 0 Å². The number of urea groups is 1. The third-order valence-electron chi connectivity index (χ3n) is 4.69. The van der Waals surface area contributed by atoms with E-state index < -0.39 is 11.9 Å². The molecule has 0 unspecified atom stereocenters. The summed E-state index contributed by atoms with van der Waals surface area (Å²) in [5, 5.41) is 5.36. The molecule has 0 aliphatic rings. The van der Waals surface area contributed by atoms with Crippen molar-refractivity contribution in [3.05, 3.63) is 28.3 Å². The normalized spacial score (nSPS) is 11.9. The highest BCUT2D eigenvalue weighted by atomic mass is 16.5. The summed E-state index contributed by atoms with van der Waals surface area (Å²) in [6, 6.07) is 2.66. The Hall–Kier alpha value is -3.14. The number of fused-ring (bicyclic) bond motifs is 1. The number of nitrogens with one attached hydrogen (secondary N) is 3. The minimum absolute atomic E-state index is 0.0158. The number of nitrogens with zero attached hydrogens (tertiary/aromatic N) is 2. The maximum absolute atomic E-state index is 12.5. The van der Waals surface area contributed by atoms with Gasteiger partial charge in [-0.15, -0.1) is 0 Å². The lowest BCUT2D eigenvalue weighted by Crippen LogP contribution is -2.46. The number of likely N-dealkylation sites (N-methyl/N-ethyl adjacent to an activating group) is 1. The van der Waals surface area contributed by atoms with E-state index in [0.29, 0.717) is 34.8 Å². The monoisotopic (exact) mass is 419 g/mol. The van der Waals surface area contributed by atoms with Crippen LogP contribution in [0.1, 0.15) is 33.0 Å². The summed E-state index contributed by atoms with van der Waals surface area (Å²) < 4.78 is 10.5. The number of H-pyrrole nitrogens is 1. The predicted molar refractivity (Wildman–Crippen MR) is 113 cm³/mol. The number of rotatable bonds is 9. The Kier molecular flexibility index (Phi) is 8.16. The van der Waals surface area contributed by atoms with Gasteiger partial charge >= 0.3 is 6.03 Å². The van der Waals surface area contributed by atoms with Gasteiger partial charge in [0.25, 0.3) is 5.56 Å². The van der Waals surface area contributed by atoms with Crippen LogP contribution in [0.3, 0.4) is 0 Å². The average molecular weight is 419 g/mol. The van der Waals surface area contributed by atoms with Crippen LogP contribution in [0.2, 0.25) is 0 Å². The van der Waals surface area contributed by atoms with Gasteiger partial charge in [0.15, 0.2) is 11.5 Å². The smallest absolute Gasteiger partial charge is 0.321 e. The van der Waals surface area contributed by atoms with Gasteiger partial charge in [-0.3, -0.25) is 19.8 Å². The second-order valence-electron chi connectivity index (χ2n) is 6.87. The largest absolute Gasteiger partial charge is 0.493 e. The second kappa shape index (κ2) is 10.6. The molecule has 0 aliphatic heterocycles. The Bertz CT molecular complexity index is 958. The van der Waals surface area contributed by atoms with Crippen molar-refractivity contribution < 1.29 is 19.1 Å². The summed E-state index contributed by atoms with van der Waals surface area (Å²) in [5.74, 6) is 0.867. The number of ether oxygens (including phenoxy) is 2. The molecule has 10 heteroatoms. The first-order valence-electron chi connectivity index (χ1n) is 9.78. The fourth-order valence-electron chi connectivity index (χ4n) is 2.81. The highest BCUT2D eigenvalue weighted by Crippen LogP contribution is 2.29. The molecule has 0 fully saturated rings. The Labute approximate surface area is 175 Å². The SMILES string of the molecule is CC[C@H](C)NC(=O)NC(=O)CN(CC)Cc1nc2cc(OC)c(OC)cc2c(=O)[nH]1. The summed E-state index contributed by atoms with van der Waals surface area (Å²) in [5.41, 5.74) is 0.143. The van der Waals surface area contributed by atoms with E-state index in [1.54, 1.807) is 17.0 Å². The molecule has 30 heavy (non-hydrogen) atoms. The molecule has 1 aromatic heterocycles. The Morgan fingerprint density at radius 1 is 1.20 bits per heavy atom. The van der Waals surface area contributed by atoms with Crippen LogP contribution in [-0.4, -0.2) is 60.2 Å². The number of amides is 3. The summed E-state index contributed by atoms with van der Waals surface area (Å²) in [6.07, 6.45) is 0.764. The van der Waals surface area contributed by atoms with Gasteiger partial charge in [-0.2, -0.15) is 0 Å². The quantitative estimate of drug-likeness (QED) is 0.561. The first-order valence-corrected chi connectivity index (χ1v) is 9.78. The van der Waals surface area contributed by atoms with E-state index in [2.05, 4.69) is 20.6 Å². The zero-order valence-corrected chi connectivity index (χ0v) is 18.0. The summed E-state index contributed by atoms with van der Waals surface area (Å²) in [4.78, 5) is 45.5. The molecule has 164 valence electrons. The summed E-state index contributed by atoms with van der Waals surface area (Å²) >= 11 is 0. The van der Waals surface area contributed by atoms with E-state index in [1.165, 1.54) is 14.2 Å². The topological polar surface area (TPSA) is 126 Å². The Balaban J connectivity index is 2.13. The lowest BCUT2D eigenvalue weighted by atomic mass is 10.2. The van der Waals surface area contributed by atoms with E-state index in [4.69, 9.17) is 9.47 Å². The molecular formula is C20H29N5O5. The van der Waals surface area contributed by atoms with Crippen LogP contribution < -0.4 is 25.7 Å². The van der Waals surface area contributed by atoms with Crippen LogP contribution in [0.15, 0.2) is 16.9 Å². The zero-order valence-electron chi connectivity index (χ0n) is 18.0. The third-order valence-corrected chi connectivity index (χ3v) is 4.69. The van der Waals surface area contributed by atoms with Crippen molar-refractivity contribution >= 4 is 22.8 Å². The van der Waals surface area contributed by atoms with Crippen molar-refractivity contribution in [3.8, 4) is 11.5 Å². The van der Waals surface area contributed by atoms with E-state index in [0.717, 1.165) is 6.42 Å². The minimum Gasteiger partial charge on any atom is -0.493 e. The van der Waals surface area contributed by atoms with E-state index in [-0.39, 0.29) is 24.7 Å². The number of methoxy groups -OCH3 is 2. The molecular weight excluding hydrogens is 390 g/mol. The third kappa shape index (κ3) is 5.93. The van der Waals surface area contributed by atoms with Crippen molar-refractivity contribution in [1.82, 2.24) is 25.5 Å². The number of imide groups is 1. The number of hydrogen-bond acceptors (Lipinski definition) is 7. The minimum atomic E-state index is -0.524. The lowest BCUT2D eigenvalue weighted by molar-refractivity contribution is -0.121. The standard InChI is InChI=1S/C20H29N5O5/c1-6-12(3)21-20(28)24-18(26)11-25(7-2)10-17-22-14-9-16(30-5)15(29-4)8-13(14)19(27)23-17/h8-9,12H,6-7,10-11H2,1-5H3,(H,22,23,27)(H2,21,24,26,28)/t12-/m0/s1. The highest BCUT2D eigenvalue weighted by Gasteiger charge is 2.16. The van der Waals surface area contributed by atoms with E-state index in [9.17, 15) is 14.4 Å². The van der Waals surface area contributed by atoms with Gasteiger partial charge in [-0.1, -0.05) is 13.8 Å².